The molecule has 0 aromatic carbocycles. The second-order valence-corrected chi connectivity index (χ2v) is 7.31. The Bertz CT molecular complexity index is 837. The van der Waals surface area contributed by atoms with Gasteiger partial charge in [-0.1, -0.05) is 0 Å². The molecular formula is C18H20F3N3O2. The van der Waals surface area contributed by atoms with Crippen molar-refractivity contribution in [1.29, 1.82) is 0 Å². The SMILES string of the molecule is CCOC(=O)c1cc2nc(C34CCC(CC3)CC4)cc(C(F)(F)F)n2n1. The van der Waals surface area contributed by atoms with Gasteiger partial charge in [-0.3, -0.25) is 0 Å². The Kier molecular flexibility index (Phi) is 3.96. The van der Waals surface area contributed by atoms with Gasteiger partial charge in [0.1, 0.15) is 5.69 Å². The molecule has 3 saturated carbocycles. The molecule has 2 aromatic rings. The fraction of sp³-hybridized carbons (Fsp3) is 0.611. The van der Waals surface area contributed by atoms with E-state index in [1.807, 2.05) is 0 Å². The summed E-state index contributed by atoms with van der Waals surface area (Å²) in [5.74, 6) is -0.0444. The molecule has 0 unspecified atom stereocenters. The zero-order valence-electron chi connectivity index (χ0n) is 14.5. The van der Waals surface area contributed by atoms with E-state index in [9.17, 15) is 18.0 Å². The number of halogens is 3. The predicted molar refractivity (Wildman–Crippen MR) is 86.8 cm³/mol. The van der Waals surface area contributed by atoms with E-state index in [4.69, 9.17) is 4.74 Å². The van der Waals surface area contributed by atoms with Crippen LogP contribution in [0.15, 0.2) is 12.1 Å². The maximum Gasteiger partial charge on any atom is 0.433 e. The number of carbonyl (C=O) groups is 1. The quantitative estimate of drug-likeness (QED) is 0.765. The minimum atomic E-state index is -4.59. The summed E-state index contributed by atoms with van der Waals surface area (Å²) in [5, 5.41) is 3.80. The molecule has 0 radical (unpaired) electrons. The molecule has 2 bridgehead atoms. The predicted octanol–water partition coefficient (Wildman–Crippen LogP) is 4.15. The summed E-state index contributed by atoms with van der Waals surface area (Å²) in [4.78, 5) is 16.4. The Morgan fingerprint density at radius 1 is 1.27 bits per heavy atom. The lowest BCUT2D eigenvalue weighted by Gasteiger charge is -2.46. The van der Waals surface area contributed by atoms with Crippen LogP contribution < -0.4 is 0 Å². The molecule has 0 amide bonds. The standard InChI is InChI=1S/C18H20F3N3O2/c1-2-26-16(25)12-9-15-22-13(10-14(18(19,20)21)24(15)23-12)17-6-3-11(4-7-17)5-8-17/h9-11H,2-8H2,1H3. The molecule has 2 heterocycles. The van der Waals surface area contributed by atoms with Gasteiger partial charge in [0, 0.05) is 11.5 Å². The molecule has 2 aromatic heterocycles. The highest BCUT2D eigenvalue weighted by molar-refractivity contribution is 5.88. The summed E-state index contributed by atoms with van der Waals surface area (Å²) in [6.07, 6.45) is 1.16. The molecule has 0 saturated heterocycles. The number of nitrogens with zero attached hydrogens (tertiary/aromatic N) is 3. The first-order valence-corrected chi connectivity index (χ1v) is 8.98. The van der Waals surface area contributed by atoms with Crippen LogP contribution in [0.1, 0.15) is 67.3 Å². The van der Waals surface area contributed by atoms with E-state index in [0.717, 1.165) is 44.6 Å². The zero-order chi connectivity index (χ0) is 18.5. The van der Waals surface area contributed by atoms with Crippen molar-refractivity contribution in [3.05, 3.63) is 29.2 Å². The summed E-state index contributed by atoms with van der Waals surface area (Å²) in [7, 11) is 0. The van der Waals surface area contributed by atoms with Gasteiger partial charge in [-0.2, -0.15) is 18.3 Å². The summed E-state index contributed by atoms with van der Waals surface area (Å²) in [6, 6.07) is 2.41. The van der Waals surface area contributed by atoms with Crippen molar-refractivity contribution in [3.63, 3.8) is 0 Å². The minimum Gasteiger partial charge on any atom is -0.461 e. The van der Waals surface area contributed by atoms with Crippen LogP contribution in [0.2, 0.25) is 0 Å². The van der Waals surface area contributed by atoms with E-state index in [1.54, 1.807) is 6.92 Å². The molecule has 0 N–H and O–H groups in total. The third-order valence-corrected chi connectivity index (χ3v) is 5.84. The van der Waals surface area contributed by atoms with E-state index in [0.29, 0.717) is 16.1 Å². The van der Waals surface area contributed by atoms with E-state index in [1.165, 1.54) is 6.07 Å². The first kappa shape index (κ1) is 17.3. The second-order valence-electron chi connectivity index (χ2n) is 7.31. The highest BCUT2D eigenvalue weighted by atomic mass is 19.4. The lowest BCUT2D eigenvalue weighted by atomic mass is 9.59. The number of esters is 1. The number of alkyl halides is 3. The molecule has 0 spiro atoms. The molecular weight excluding hydrogens is 347 g/mol. The van der Waals surface area contributed by atoms with Crippen molar-refractivity contribution < 1.29 is 22.7 Å². The third-order valence-electron chi connectivity index (χ3n) is 5.84. The van der Waals surface area contributed by atoms with Gasteiger partial charge in [0.2, 0.25) is 0 Å². The maximum atomic E-state index is 13.7. The average Bonchev–Trinajstić information content (AvgIpc) is 3.06. The average molecular weight is 367 g/mol. The van der Waals surface area contributed by atoms with Crippen LogP contribution in [-0.2, 0) is 16.3 Å². The number of aromatic nitrogens is 3. The van der Waals surface area contributed by atoms with Crippen LogP contribution >= 0.6 is 0 Å². The van der Waals surface area contributed by atoms with E-state index in [2.05, 4.69) is 10.1 Å². The largest absolute Gasteiger partial charge is 0.461 e. The third kappa shape index (κ3) is 2.75. The monoisotopic (exact) mass is 367 g/mol. The van der Waals surface area contributed by atoms with Crippen molar-refractivity contribution in [1.82, 2.24) is 14.6 Å². The molecule has 5 rings (SSSR count). The van der Waals surface area contributed by atoms with Gasteiger partial charge in [0.15, 0.2) is 11.3 Å². The van der Waals surface area contributed by atoms with Crippen molar-refractivity contribution in [2.45, 2.75) is 57.0 Å². The van der Waals surface area contributed by atoms with Gasteiger partial charge in [-0.15, -0.1) is 0 Å². The topological polar surface area (TPSA) is 56.5 Å². The van der Waals surface area contributed by atoms with Crippen LogP contribution in [0.3, 0.4) is 0 Å². The number of rotatable bonds is 3. The van der Waals surface area contributed by atoms with Gasteiger partial charge in [-0.05, 0) is 57.4 Å². The van der Waals surface area contributed by atoms with Crippen LogP contribution in [-0.4, -0.2) is 27.2 Å². The molecule has 3 aliphatic carbocycles. The number of hydrogen-bond acceptors (Lipinski definition) is 4. The van der Waals surface area contributed by atoms with Crippen molar-refractivity contribution in [3.8, 4) is 0 Å². The molecule has 0 aliphatic heterocycles. The Labute approximate surface area is 148 Å². The van der Waals surface area contributed by atoms with Crippen LogP contribution in [0.5, 0.6) is 0 Å². The first-order chi connectivity index (χ1) is 12.3. The normalized spacial score (nSPS) is 25.6. The van der Waals surface area contributed by atoms with Crippen molar-refractivity contribution in [2.24, 2.45) is 5.92 Å². The molecule has 26 heavy (non-hydrogen) atoms. The number of hydrogen-bond donors (Lipinski definition) is 0. The maximum absolute atomic E-state index is 13.7. The molecule has 3 aliphatic rings. The lowest BCUT2D eigenvalue weighted by molar-refractivity contribution is -0.142. The summed E-state index contributed by atoms with van der Waals surface area (Å²) in [6.45, 7) is 1.76. The van der Waals surface area contributed by atoms with Gasteiger partial charge >= 0.3 is 12.1 Å². The minimum absolute atomic E-state index is 0.0416. The summed E-state index contributed by atoms with van der Waals surface area (Å²) >= 11 is 0. The van der Waals surface area contributed by atoms with Crippen LogP contribution in [0.4, 0.5) is 13.2 Å². The highest BCUT2D eigenvalue weighted by Crippen LogP contribution is 2.51. The number of ether oxygens (including phenoxy) is 1. The summed E-state index contributed by atoms with van der Waals surface area (Å²) in [5.41, 5.74) is -0.821. The number of fused-ring (bicyclic) bond motifs is 4. The Balaban J connectivity index is 1.86. The number of carbonyl (C=O) groups excluding carboxylic acids is 1. The molecule has 0 atom stereocenters. The molecule has 140 valence electrons. The molecule has 5 nitrogen and oxygen atoms in total. The van der Waals surface area contributed by atoms with E-state index < -0.39 is 17.8 Å². The molecule has 3 fully saturated rings. The van der Waals surface area contributed by atoms with Gasteiger partial charge in [-0.25, -0.2) is 14.3 Å². The van der Waals surface area contributed by atoms with Crippen LogP contribution in [0.25, 0.3) is 5.65 Å². The smallest absolute Gasteiger partial charge is 0.433 e. The Morgan fingerprint density at radius 2 is 1.92 bits per heavy atom. The molecule has 8 heteroatoms. The Morgan fingerprint density at radius 3 is 2.50 bits per heavy atom. The lowest BCUT2D eigenvalue weighted by Crippen LogP contribution is -2.38. The van der Waals surface area contributed by atoms with Gasteiger partial charge < -0.3 is 4.74 Å². The second kappa shape index (κ2) is 5.96. The van der Waals surface area contributed by atoms with E-state index >= 15 is 0 Å². The fourth-order valence-corrected chi connectivity index (χ4v) is 4.39. The summed E-state index contributed by atoms with van der Waals surface area (Å²) < 4.78 is 46.5. The Hall–Kier alpha value is -2.12. The van der Waals surface area contributed by atoms with E-state index in [-0.39, 0.29) is 23.4 Å². The highest BCUT2D eigenvalue weighted by Gasteiger charge is 2.44. The van der Waals surface area contributed by atoms with Crippen LogP contribution in [0, 0.1) is 5.92 Å². The van der Waals surface area contributed by atoms with Gasteiger partial charge in [0.05, 0.1) is 12.3 Å². The fourth-order valence-electron chi connectivity index (χ4n) is 4.39. The zero-order valence-corrected chi connectivity index (χ0v) is 14.5. The van der Waals surface area contributed by atoms with Gasteiger partial charge in [0.25, 0.3) is 0 Å². The van der Waals surface area contributed by atoms with Crippen molar-refractivity contribution in [2.75, 3.05) is 6.61 Å². The first-order valence-electron chi connectivity index (χ1n) is 8.98. The van der Waals surface area contributed by atoms with Crippen molar-refractivity contribution >= 4 is 11.6 Å².